The quantitative estimate of drug-likeness (QED) is 0.615. The lowest BCUT2D eigenvalue weighted by molar-refractivity contribution is -0.137. The van der Waals surface area contributed by atoms with E-state index in [9.17, 15) is 4.79 Å². The third kappa shape index (κ3) is 5.56. The summed E-state index contributed by atoms with van der Waals surface area (Å²) in [5, 5.41) is 0. The minimum atomic E-state index is 0.00367. The number of hydrogen-bond acceptors (Lipinski definition) is 6. The molecule has 0 aliphatic carbocycles. The normalized spacial score (nSPS) is 16.9. The third-order valence-corrected chi connectivity index (χ3v) is 4.86. The van der Waals surface area contributed by atoms with Gasteiger partial charge in [0, 0.05) is 26.6 Å². The molecule has 7 nitrogen and oxygen atoms in total. The maximum atomic E-state index is 12.3. The van der Waals surface area contributed by atoms with E-state index in [2.05, 4.69) is 4.98 Å². The largest absolute Gasteiger partial charge is 0.497 e. The summed E-state index contributed by atoms with van der Waals surface area (Å²) >= 11 is 0. The van der Waals surface area contributed by atoms with Gasteiger partial charge in [-0.25, -0.2) is 4.98 Å². The van der Waals surface area contributed by atoms with Gasteiger partial charge in [-0.3, -0.25) is 4.79 Å². The van der Waals surface area contributed by atoms with Crippen molar-refractivity contribution in [2.75, 3.05) is 47.1 Å². The summed E-state index contributed by atoms with van der Waals surface area (Å²) in [4.78, 5) is 18.7. The van der Waals surface area contributed by atoms with Crippen LogP contribution >= 0.6 is 0 Å². The van der Waals surface area contributed by atoms with Crippen LogP contribution in [0, 0.1) is 0 Å². The molecular weight excluding hydrogens is 360 g/mol. The molecule has 0 radical (unpaired) electrons. The third-order valence-electron chi connectivity index (χ3n) is 4.86. The summed E-state index contributed by atoms with van der Waals surface area (Å²) < 4.78 is 21.5. The highest BCUT2D eigenvalue weighted by Crippen LogP contribution is 2.27. The SMILES string of the molecule is COCCOCC(=O)N1CCC[C@@H](c2ncc(Cc3cccc(OC)c3)o2)C1. The van der Waals surface area contributed by atoms with E-state index in [1.807, 2.05) is 29.2 Å². The first-order valence-electron chi connectivity index (χ1n) is 9.61. The number of aromatic nitrogens is 1. The van der Waals surface area contributed by atoms with E-state index in [0.29, 0.717) is 32.1 Å². The van der Waals surface area contributed by atoms with E-state index in [1.54, 1.807) is 20.4 Å². The van der Waals surface area contributed by atoms with Gasteiger partial charge >= 0.3 is 0 Å². The Bertz CT molecular complexity index is 761. The van der Waals surface area contributed by atoms with Crippen LogP contribution in [-0.4, -0.2) is 62.9 Å². The van der Waals surface area contributed by atoms with Crippen LogP contribution in [0.5, 0.6) is 5.75 Å². The molecule has 0 unspecified atom stereocenters. The van der Waals surface area contributed by atoms with Gasteiger partial charge in [0.15, 0.2) is 5.89 Å². The van der Waals surface area contributed by atoms with Gasteiger partial charge < -0.3 is 23.5 Å². The number of carbonyl (C=O) groups is 1. The summed E-state index contributed by atoms with van der Waals surface area (Å²) in [5.74, 6) is 2.47. The van der Waals surface area contributed by atoms with E-state index in [4.69, 9.17) is 18.6 Å². The van der Waals surface area contributed by atoms with Crippen LogP contribution in [0.15, 0.2) is 34.9 Å². The van der Waals surface area contributed by atoms with Gasteiger partial charge in [-0.2, -0.15) is 0 Å². The average molecular weight is 388 g/mol. The molecule has 1 amide bonds. The van der Waals surface area contributed by atoms with Gasteiger partial charge in [0.25, 0.3) is 0 Å². The number of benzene rings is 1. The van der Waals surface area contributed by atoms with E-state index < -0.39 is 0 Å². The Balaban J connectivity index is 1.55. The number of hydrogen-bond donors (Lipinski definition) is 0. The van der Waals surface area contributed by atoms with Crippen molar-refractivity contribution in [1.82, 2.24) is 9.88 Å². The van der Waals surface area contributed by atoms with Crippen molar-refractivity contribution in [3.63, 3.8) is 0 Å². The molecule has 1 aromatic carbocycles. The van der Waals surface area contributed by atoms with Crippen LogP contribution in [0.1, 0.15) is 36.0 Å². The zero-order chi connectivity index (χ0) is 19.8. The van der Waals surface area contributed by atoms with Crippen molar-refractivity contribution >= 4 is 5.91 Å². The molecule has 1 atom stereocenters. The second kappa shape index (κ2) is 10.2. The molecule has 1 aliphatic heterocycles. The van der Waals surface area contributed by atoms with Gasteiger partial charge in [0.2, 0.25) is 5.91 Å². The number of amides is 1. The van der Waals surface area contributed by atoms with Crippen molar-refractivity contribution < 1.29 is 23.4 Å². The summed E-state index contributed by atoms with van der Waals surface area (Å²) in [7, 11) is 3.27. The minimum absolute atomic E-state index is 0.00367. The van der Waals surface area contributed by atoms with Gasteiger partial charge in [-0.15, -0.1) is 0 Å². The summed E-state index contributed by atoms with van der Waals surface area (Å²) in [6.07, 6.45) is 4.34. The maximum Gasteiger partial charge on any atom is 0.248 e. The molecule has 7 heteroatoms. The van der Waals surface area contributed by atoms with Crippen LogP contribution in [0.25, 0.3) is 0 Å². The molecule has 0 spiro atoms. The number of nitrogens with zero attached hydrogens (tertiary/aromatic N) is 2. The van der Waals surface area contributed by atoms with Crippen molar-refractivity contribution in [2.24, 2.45) is 0 Å². The number of carbonyl (C=O) groups excluding carboxylic acids is 1. The molecule has 1 saturated heterocycles. The number of likely N-dealkylation sites (tertiary alicyclic amines) is 1. The molecule has 0 N–H and O–H groups in total. The van der Waals surface area contributed by atoms with Crippen LogP contribution in [0.2, 0.25) is 0 Å². The van der Waals surface area contributed by atoms with E-state index in [-0.39, 0.29) is 18.4 Å². The van der Waals surface area contributed by atoms with Gasteiger partial charge in [-0.1, -0.05) is 12.1 Å². The summed E-state index contributed by atoms with van der Waals surface area (Å²) in [5.41, 5.74) is 1.11. The Morgan fingerprint density at radius 2 is 2.21 bits per heavy atom. The van der Waals surface area contributed by atoms with E-state index in [0.717, 1.165) is 36.5 Å². The lowest BCUT2D eigenvalue weighted by Crippen LogP contribution is -2.41. The summed E-state index contributed by atoms with van der Waals surface area (Å²) in [6, 6.07) is 7.91. The van der Waals surface area contributed by atoms with Gasteiger partial charge in [0.05, 0.1) is 32.4 Å². The molecule has 0 bridgehead atoms. The monoisotopic (exact) mass is 388 g/mol. The molecule has 28 heavy (non-hydrogen) atoms. The van der Waals surface area contributed by atoms with Crippen LogP contribution in [0.3, 0.4) is 0 Å². The molecule has 2 heterocycles. The second-order valence-electron chi connectivity index (χ2n) is 6.92. The average Bonchev–Trinajstić information content (AvgIpc) is 3.20. The smallest absolute Gasteiger partial charge is 0.248 e. The maximum absolute atomic E-state index is 12.3. The predicted octanol–water partition coefficient (Wildman–Crippen LogP) is 2.64. The van der Waals surface area contributed by atoms with Crippen molar-refractivity contribution in [1.29, 1.82) is 0 Å². The Morgan fingerprint density at radius 1 is 1.32 bits per heavy atom. The van der Waals surface area contributed by atoms with Crippen molar-refractivity contribution in [3.05, 3.63) is 47.7 Å². The Hall–Kier alpha value is -2.38. The molecule has 152 valence electrons. The van der Waals surface area contributed by atoms with E-state index >= 15 is 0 Å². The molecular formula is C21H28N2O5. The number of methoxy groups -OCH3 is 2. The predicted molar refractivity (Wildman–Crippen MR) is 104 cm³/mol. The van der Waals surface area contributed by atoms with Crippen LogP contribution in [-0.2, 0) is 20.7 Å². The summed E-state index contributed by atoms with van der Waals surface area (Å²) in [6.45, 7) is 2.36. The number of ether oxygens (including phenoxy) is 3. The number of rotatable bonds is 9. The Morgan fingerprint density at radius 3 is 3.04 bits per heavy atom. The fourth-order valence-electron chi connectivity index (χ4n) is 3.37. The topological polar surface area (TPSA) is 74.0 Å². The molecule has 0 saturated carbocycles. The fraction of sp³-hybridized carbons (Fsp3) is 0.524. The fourth-order valence-corrected chi connectivity index (χ4v) is 3.37. The van der Waals surface area contributed by atoms with E-state index in [1.165, 1.54) is 0 Å². The van der Waals surface area contributed by atoms with Crippen LogP contribution < -0.4 is 4.74 Å². The molecule has 3 rings (SSSR count). The zero-order valence-corrected chi connectivity index (χ0v) is 16.6. The highest BCUT2D eigenvalue weighted by atomic mass is 16.5. The highest BCUT2D eigenvalue weighted by Gasteiger charge is 2.27. The first-order valence-corrected chi connectivity index (χ1v) is 9.61. The number of piperidine rings is 1. The van der Waals surface area contributed by atoms with Gasteiger partial charge in [0.1, 0.15) is 18.1 Å². The molecule has 2 aromatic rings. The molecule has 1 fully saturated rings. The lowest BCUT2D eigenvalue weighted by Gasteiger charge is -2.31. The molecule has 1 aliphatic rings. The zero-order valence-electron chi connectivity index (χ0n) is 16.6. The van der Waals surface area contributed by atoms with Crippen LogP contribution in [0.4, 0.5) is 0 Å². The second-order valence-corrected chi connectivity index (χ2v) is 6.92. The molecule has 1 aromatic heterocycles. The van der Waals surface area contributed by atoms with Crippen molar-refractivity contribution in [3.8, 4) is 5.75 Å². The minimum Gasteiger partial charge on any atom is -0.497 e. The highest BCUT2D eigenvalue weighted by molar-refractivity contribution is 5.77. The Kier molecular flexibility index (Phi) is 7.45. The Labute approximate surface area is 165 Å². The standard InChI is InChI=1S/C21H28N2O5/c1-25-9-10-27-15-20(24)23-8-4-6-17(14-23)21-22-13-19(28-21)12-16-5-3-7-18(11-16)26-2/h3,5,7,11,13,17H,4,6,8-10,12,14-15H2,1-2H3/t17-/m1/s1. The lowest BCUT2D eigenvalue weighted by atomic mass is 9.98. The van der Waals surface area contributed by atoms with Gasteiger partial charge in [-0.05, 0) is 30.5 Å². The first-order chi connectivity index (χ1) is 13.7. The number of oxazole rings is 1. The first kappa shape index (κ1) is 20.4. The van der Waals surface area contributed by atoms with Crippen molar-refractivity contribution in [2.45, 2.75) is 25.2 Å².